The van der Waals surface area contributed by atoms with Crippen molar-refractivity contribution in [1.29, 1.82) is 0 Å². The van der Waals surface area contributed by atoms with Crippen molar-refractivity contribution in [1.82, 2.24) is 29.2 Å². The Hall–Kier alpha value is -3.11. The first-order valence-electron chi connectivity index (χ1n) is 11.6. The highest BCUT2D eigenvalue weighted by atomic mass is 35.5. The standard InChI is InChI=1S/C25H26ClF3N6O/c1-15-30-13-21(33(15)2)16-4-5-20-18(12-16)23(26)19(24(31-20)36-3)14-34-9-6-17(7-10-34)35-11-8-22(32-35)25(27,28)29/h4-5,8,11-13,17H,6-7,9-10,14H2,1-3H3. The molecule has 0 unspecified atom stereocenters. The number of hydrogen-bond donors (Lipinski definition) is 0. The third kappa shape index (κ3) is 4.55. The molecule has 3 aromatic heterocycles. The predicted octanol–water partition coefficient (Wildman–Crippen LogP) is 5.66. The van der Waals surface area contributed by atoms with Gasteiger partial charge in [-0.2, -0.15) is 18.3 Å². The smallest absolute Gasteiger partial charge is 0.435 e. The van der Waals surface area contributed by atoms with Crippen molar-refractivity contribution in [3.05, 3.63) is 58.8 Å². The zero-order chi connectivity index (χ0) is 25.6. The molecule has 1 aliphatic rings. The lowest BCUT2D eigenvalue weighted by molar-refractivity contribution is -0.141. The van der Waals surface area contributed by atoms with Gasteiger partial charge in [-0.15, -0.1) is 0 Å². The maximum atomic E-state index is 12.9. The van der Waals surface area contributed by atoms with Gasteiger partial charge in [0.05, 0.1) is 35.6 Å². The number of nitrogens with zero attached hydrogens (tertiary/aromatic N) is 6. The van der Waals surface area contributed by atoms with Gasteiger partial charge in [-0.05, 0) is 38.0 Å². The van der Waals surface area contributed by atoms with Crippen LogP contribution in [0.1, 0.15) is 36.0 Å². The van der Waals surface area contributed by atoms with Crippen molar-refractivity contribution in [3.8, 4) is 17.1 Å². The summed E-state index contributed by atoms with van der Waals surface area (Å²) in [7, 11) is 3.54. The van der Waals surface area contributed by atoms with Crippen molar-refractivity contribution < 1.29 is 17.9 Å². The van der Waals surface area contributed by atoms with Crippen molar-refractivity contribution in [2.45, 2.75) is 38.5 Å². The summed E-state index contributed by atoms with van der Waals surface area (Å²) in [6.07, 6.45) is 0.187. The van der Waals surface area contributed by atoms with Crippen LogP contribution in [0.2, 0.25) is 5.02 Å². The summed E-state index contributed by atoms with van der Waals surface area (Å²) < 4.78 is 47.8. The molecule has 0 spiro atoms. The first-order valence-corrected chi connectivity index (χ1v) is 12.0. The summed E-state index contributed by atoms with van der Waals surface area (Å²) >= 11 is 6.93. The molecule has 11 heteroatoms. The SMILES string of the molecule is COc1nc2ccc(-c3cnc(C)n3C)cc2c(Cl)c1CN1CCC(n2ccc(C(F)(F)F)n2)CC1. The summed E-state index contributed by atoms with van der Waals surface area (Å²) in [6, 6.07) is 6.89. The van der Waals surface area contributed by atoms with E-state index in [0.29, 0.717) is 43.4 Å². The van der Waals surface area contributed by atoms with Crippen LogP contribution in [0.5, 0.6) is 5.88 Å². The normalized spacial score (nSPS) is 15.6. The number of ether oxygens (including phenoxy) is 1. The first kappa shape index (κ1) is 24.6. The fourth-order valence-electron chi connectivity index (χ4n) is 4.74. The van der Waals surface area contributed by atoms with Crippen LogP contribution in [0, 0.1) is 6.92 Å². The van der Waals surface area contributed by atoms with Gasteiger partial charge in [0, 0.05) is 49.4 Å². The van der Waals surface area contributed by atoms with Gasteiger partial charge in [0.1, 0.15) is 5.82 Å². The topological polar surface area (TPSA) is 61.0 Å². The minimum atomic E-state index is -4.43. The molecule has 0 amide bonds. The van der Waals surface area contributed by atoms with Gasteiger partial charge in [0.2, 0.25) is 5.88 Å². The second-order valence-corrected chi connectivity index (χ2v) is 9.46. The molecule has 0 saturated carbocycles. The Balaban J connectivity index is 1.37. The number of benzene rings is 1. The quantitative estimate of drug-likeness (QED) is 0.341. The number of pyridine rings is 1. The number of alkyl halides is 3. The number of rotatable bonds is 5. The number of piperidine rings is 1. The van der Waals surface area contributed by atoms with Crippen LogP contribution in [0.25, 0.3) is 22.2 Å². The van der Waals surface area contributed by atoms with E-state index in [2.05, 4.69) is 15.0 Å². The molecule has 0 N–H and O–H groups in total. The molecular weight excluding hydrogens is 493 g/mol. The summed E-state index contributed by atoms with van der Waals surface area (Å²) in [5.41, 5.74) is 2.65. The van der Waals surface area contributed by atoms with E-state index in [1.54, 1.807) is 7.11 Å². The number of halogens is 4. The Morgan fingerprint density at radius 3 is 2.53 bits per heavy atom. The van der Waals surface area contributed by atoms with E-state index < -0.39 is 11.9 Å². The van der Waals surface area contributed by atoms with Gasteiger partial charge in [0.15, 0.2) is 5.69 Å². The van der Waals surface area contributed by atoms with E-state index in [-0.39, 0.29) is 6.04 Å². The fraction of sp³-hybridized carbons (Fsp3) is 0.400. The maximum Gasteiger partial charge on any atom is 0.435 e. The summed E-state index contributed by atoms with van der Waals surface area (Å²) in [6.45, 7) is 3.86. The monoisotopic (exact) mass is 518 g/mol. The molecule has 5 rings (SSSR count). The summed E-state index contributed by atoms with van der Waals surface area (Å²) in [5.74, 6) is 1.39. The minimum absolute atomic E-state index is 0.0747. The molecule has 1 aromatic carbocycles. The molecular formula is C25H26ClF3N6O. The third-order valence-electron chi connectivity index (χ3n) is 6.90. The molecule has 190 valence electrons. The number of methoxy groups -OCH3 is 1. The molecule has 0 aliphatic carbocycles. The van der Waals surface area contributed by atoms with Crippen LogP contribution < -0.4 is 4.74 Å². The number of likely N-dealkylation sites (tertiary alicyclic amines) is 1. The number of imidazole rings is 1. The third-order valence-corrected chi connectivity index (χ3v) is 7.33. The highest BCUT2D eigenvalue weighted by Crippen LogP contribution is 2.36. The minimum Gasteiger partial charge on any atom is -0.481 e. The lowest BCUT2D eigenvalue weighted by Crippen LogP contribution is -2.34. The molecule has 4 heterocycles. The lowest BCUT2D eigenvalue weighted by atomic mass is 10.0. The molecule has 36 heavy (non-hydrogen) atoms. The van der Waals surface area contributed by atoms with Gasteiger partial charge in [-0.25, -0.2) is 9.97 Å². The number of fused-ring (bicyclic) bond motifs is 1. The van der Waals surface area contributed by atoms with E-state index in [0.717, 1.165) is 39.6 Å². The van der Waals surface area contributed by atoms with Crippen LogP contribution in [0.4, 0.5) is 13.2 Å². The van der Waals surface area contributed by atoms with Crippen molar-refractivity contribution >= 4 is 22.5 Å². The summed E-state index contributed by atoms with van der Waals surface area (Å²) in [4.78, 5) is 11.3. The van der Waals surface area contributed by atoms with E-state index in [1.165, 1.54) is 10.9 Å². The largest absolute Gasteiger partial charge is 0.481 e. The number of hydrogen-bond acceptors (Lipinski definition) is 5. The maximum absolute atomic E-state index is 12.9. The van der Waals surface area contributed by atoms with Gasteiger partial charge >= 0.3 is 6.18 Å². The zero-order valence-corrected chi connectivity index (χ0v) is 20.9. The second-order valence-electron chi connectivity index (χ2n) is 9.08. The molecule has 1 aliphatic heterocycles. The highest BCUT2D eigenvalue weighted by Gasteiger charge is 2.34. The molecule has 1 saturated heterocycles. The van der Waals surface area contributed by atoms with Crippen molar-refractivity contribution in [3.63, 3.8) is 0 Å². The van der Waals surface area contributed by atoms with E-state index in [9.17, 15) is 13.2 Å². The van der Waals surface area contributed by atoms with Crippen LogP contribution in [-0.2, 0) is 19.8 Å². The van der Waals surface area contributed by atoms with Crippen LogP contribution in [0.3, 0.4) is 0 Å². The Bertz CT molecular complexity index is 1410. The number of aryl methyl sites for hydroxylation is 1. The Morgan fingerprint density at radius 1 is 1.17 bits per heavy atom. The average molecular weight is 519 g/mol. The summed E-state index contributed by atoms with van der Waals surface area (Å²) in [5, 5.41) is 5.16. The second kappa shape index (κ2) is 9.40. The number of aromatic nitrogens is 5. The molecule has 0 atom stereocenters. The van der Waals surface area contributed by atoms with Crippen LogP contribution in [-0.4, -0.2) is 49.4 Å². The van der Waals surface area contributed by atoms with Gasteiger partial charge in [0.25, 0.3) is 0 Å². The van der Waals surface area contributed by atoms with Crippen LogP contribution in [0.15, 0.2) is 36.7 Å². The average Bonchev–Trinajstić information content (AvgIpc) is 3.49. The Labute approximate surface area is 211 Å². The Morgan fingerprint density at radius 2 is 1.92 bits per heavy atom. The predicted molar refractivity (Wildman–Crippen MR) is 131 cm³/mol. The van der Waals surface area contributed by atoms with Gasteiger partial charge in [-0.1, -0.05) is 17.7 Å². The first-order chi connectivity index (χ1) is 17.2. The van der Waals surface area contributed by atoms with Crippen LogP contribution >= 0.6 is 11.6 Å². The zero-order valence-electron chi connectivity index (χ0n) is 20.2. The van der Waals surface area contributed by atoms with Gasteiger partial charge < -0.3 is 9.30 Å². The van der Waals surface area contributed by atoms with Crippen molar-refractivity contribution in [2.75, 3.05) is 20.2 Å². The molecule has 1 fully saturated rings. The van der Waals surface area contributed by atoms with E-state index in [4.69, 9.17) is 21.3 Å². The molecule has 4 aromatic rings. The highest BCUT2D eigenvalue weighted by molar-refractivity contribution is 6.36. The molecule has 0 radical (unpaired) electrons. The fourth-order valence-corrected chi connectivity index (χ4v) is 5.03. The molecule has 0 bridgehead atoms. The van der Waals surface area contributed by atoms with Gasteiger partial charge in [-0.3, -0.25) is 9.58 Å². The van der Waals surface area contributed by atoms with Crippen molar-refractivity contribution in [2.24, 2.45) is 7.05 Å². The Kier molecular flexibility index (Phi) is 6.42. The molecule has 7 nitrogen and oxygen atoms in total. The van der Waals surface area contributed by atoms with E-state index in [1.807, 2.05) is 42.9 Å². The van der Waals surface area contributed by atoms with E-state index >= 15 is 0 Å². The lowest BCUT2D eigenvalue weighted by Gasteiger charge is -2.32.